The molecule has 0 amide bonds. The number of benzene rings is 2. The van der Waals surface area contributed by atoms with Crippen LogP contribution < -0.4 is 4.74 Å². The smallest absolute Gasteiger partial charge is 0.119 e. The Morgan fingerprint density at radius 2 is 1.59 bits per heavy atom. The van der Waals surface area contributed by atoms with Crippen LogP contribution in [0.15, 0.2) is 49.6 Å². The number of fused-ring (bicyclic) bond motifs is 1. The van der Waals surface area contributed by atoms with E-state index in [0.717, 1.165) is 5.75 Å². The van der Waals surface area contributed by atoms with Crippen LogP contribution in [0.25, 0.3) is 10.8 Å². The van der Waals surface area contributed by atoms with Gasteiger partial charge < -0.3 is 4.74 Å². The Balaban J connectivity index is 0.000000686. The van der Waals surface area contributed by atoms with Crippen molar-refractivity contribution >= 4 is 10.8 Å². The molecule has 0 heterocycles. The maximum Gasteiger partial charge on any atom is 0.119 e. The van der Waals surface area contributed by atoms with Crippen molar-refractivity contribution in [3.05, 3.63) is 55.1 Å². The summed E-state index contributed by atoms with van der Waals surface area (Å²) in [6.45, 7) is 10.4. The second kappa shape index (κ2) is 6.09. The van der Waals surface area contributed by atoms with Crippen molar-refractivity contribution < 1.29 is 4.74 Å². The molecule has 0 bridgehead atoms. The molecule has 0 aliphatic rings. The van der Waals surface area contributed by atoms with Crippen LogP contribution in [0.2, 0.25) is 0 Å². The molecule has 17 heavy (non-hydrogen) atoms. The van der Waals surface area contributed by atoms with Crippen molar-refractivity contribution in [2.24, 2.45) is 0 Å². The topological polar surface area (TPSA) is 9.23 Å². The van der Waals surface area contributed by atoms with Gasteiger partial charge in [-0.05, 0) is 34.4 Å². The number of methoxy groups -OCH3 is 1. The third kappa shape index (κ3) is 3.10. The van der Waals surface area contributed by atoms with Crippen LogP contribution in [0.1, 0.15) is 25.3 Å². The first-order chi connectivity index (χ1) is 8.20. The van der Waals surface area contributed by atoms with Crippen LogP contribution in [0.3, 0.4) is 0 Å². The predicted octanol–water partition coefficient (Wildman–Crippen LogP) is 4.77. The van der Waals surface area contributed by atoms with E-state index in [4.69, 9.17) is 4.74 Å². The average Bonchev–Trinajstić information content (AvgIpc) is 2.39. The van der Waals surface area contributed by atoms with Crippen molar-refractivity contribution in [3.63, 3.8) is 0 Å². The molecule has 0 atom stereocenters. The Morgan fingerprint density at radius 1 is 0.941 bits per heavy atom. The Bertz CT molecular complexity index is 486. The lowest BCUT2D eigenvalue weighted by Crippen LogP contribution is -1.87. The van der Waals surface area contributed by atoms with Crippen LogP contribution in [0.5, 0.6) is 5.75 Å². The summed E-state index contributed by atoms with van der Waals surface area (Å²) in [6, 6.07) is 12.8. The second-order valence-corrected chi connectivity index (χ2v) is 4.13. The minimum Gasteiger partial charge on any atom is -0.497 e. The van der Waals surface area contributed by atoms with Gasteiger partial charge in [0, 0.05) is 0 Å². The van der Waals surface area contributed by atoms with Gasteiger partial charge in [0.2, 0.25) is 0 Å². The van der Waals surface area contributed by atoms with E-state index in [0.29, 0.717) is 5.92 Å². The molecule has 2 aromatic rings. The summed E-state index contributed by atoms with van der Waals surface area (Å²) in [5.74, 6) is 1.49. The first-order valence-corrected chi connectivity index (χ1v) is 5.78. The minimum absolute atomic E-state index is 0.570. The summed E-state index contributed by atoms with van der Waals surface area (Å²) in [5, 5.41) is 2.51. The van der Waals surface area contributed by atoms with Gasteiger partial charge in [-0.25, -0.2) is 0 Å². The number of rotatable bonds is 2. The third-order valence-electron chi connectivity index (χ3n) is 2.74. The van der Waals surface area contributed by atoms with Crippen molar-refractivity contribution in [3.8, 4) is 5.75 Å². The first kappa shape index (κ1) is 13.3. The van der Waals surface area contributed by atoms with Crippen LogP contribution >= 0.6 is 0 Å². The van der Waals surface area contributed by atoms with Crippen molar-refractivity contribution in [2.75, 3.05) is 7.11 Å². The Kier molecular flexibility index (Phi) is 4.77. The summed E-state index contributed by atoms with van der Waals surface area (Å²) in [4.78, 5) is 0. The van der Waals surface area contributed by atoms with E-state index in [-0.39, 0.29) is 0 Å². The molecule has 90 valence electrons. The highest BCUT2D eigenvalue weighted by atomic mass is 16.5. The minimum atomic E-state index is 0.570. The fourth-order valence-corrected chi connectivity index (χ4v) is 1.73. The molecule has 1 nitrogen and oxygen atoms in total. The fraction of sp³-hybridized carbons (Fsp3) is 0.250. The van der Waals surface area contributed by atoms with E-state index in [1.165, 1.54) is 16.3 Å². The molecule has 0 N–H and O–H groups in total. The molecule has 2 rings (SSSR count). The van der Waals surface area contributed by atoms with Gasteiger partial charge in [-0.2, -0.15) is 0 Å². The van der Waals surface area contributed by atoms with Gasteiger partial charge in [-0.3, -0.25) is 0 Å². The van der Waals surface area contributed by atoms with Gasteiger partial charge in [-0.15, -0.1) is 13.2 Å². The summed E-state index contributed by atoms with van der Waals surface area (Å²) in [7, 11) is 1.70. The highest BCUT2D eigenvalue weighted by Crippen LogP contribution is 2.24. The van der Waals surface area contributed by atoms with Crippen LogP contribution in [-0.2, 0) is 0 Å². The van der Waals surface area contributed by atoms with Gasteiger partial charge in [0.25, 0.3) is 0 Å². The van der Waals surface area contributed by atoms with Gasteiger partial charge in [0.1, 0.15) is 5.75 Å². The van der Waals surface area contributed by atoms with E-state index in [1.807, 2.05) is 6.07 Å². The molecule has 0 saturated heterocycles. The molecule has 0 aliphatic heterocycles. The second-order valence-electron chi connectivity index (χ2n) is 4.13. The number of ether oxygens (including phenoxy) is 1. The van der Waals surface area contributed by atoms with Crippen molar-refractivity contribution in [1.82, 2.24) is 0 Å². The molecular weight excluding hydrogens is 208 g/mol. The van der Waals surface area contributed by atoms with E-state index in [1.54, 1.807) is 7.11 Å². The van der Waals surface area contributed by atoms with Crippen molar-refractivity contribution in [1.29, 1.82) is 0 Å². The maximum atomic E-state index is 5.22. The molecule has 0 unspecified atom stereocenters. The lowest BCUT2D eigenvalue weighted by Gasteiger charge is -2.08. The van der Waals surface area contributed by atoms with Gasteiger partial charge in [0.15, 0.2) is 0 Å². The van der Waals surface area contributed by atoms with E-state index in [2.05, 4.69) is 57.3 Å². The lowest BCUT2D eigenvalue weighted by atomic mass is 9.99. The van der Waals surface area contributed by atoms with E-state index >= 15 is 0 Å². The molecular formula is C16H20O. The molecule has 0 aromatic heterocycles. The van der Waals surface area contributed by atoms with Crippen molar-refractivity contribution in [2.45, 2.75) is 19.8 Å². The molecule has 0 saturated carbocycles. The number of hydrogen-bond acceptors (Lipinski definition) is 1. The zero-order chi connectivity index (χ0) is 12.8. The predicted molar refractivity (Wildman–Crippen MR) is 75.8 cm³/mol. The molecule has 2 aromatic carbocycles. The van der Waals surface area contributed by atoms with E-state index < -0.39 is 0 Å². The quantitative estimate of drug-likeness (QED) is 0.672. The lowest BCUT2D eigenvalue weighted by molar-refractivity contribution is 0.415. The summed E-state index contributed by atoms with van der Waals surface area (Å²) in [5.41, 5.74) is 1.37. The third-order valence-corrected chi connectivity index (χ3v) is 2.74. The summed E-state index contributed by atoms with van der Waals surface area (Å²) >= 11 is 0. The average molecular weight is 228 g/mol. The fourth-order valence-electron chi connectivity index (χ4n) is 1.73. The Morgan fingerprint density at radius 3 is 2.18 bits per heavy atom. The van der Waals surface area contributed by atoms with Gasteiger partial charge >= 0.3 is 0 Å². The SMILES string of the molecule is C=C.COc1ccc2ccc(C(C)C)cc2c1. The van der Waals surface area contributed by atoms with Gasteiger partial charge in [-0.1, -0.05) is 38.1 Å². The Hall–Kier alpha value is -1.76. The zero-order valence-corrected chi connectivity index (χ0v) is 10.9. The summed E-state index contributed by atoms with van der Waals surface area (Å²) < 4.78 is 5.22. The number of hydrogen-bond donors (Lipinski definition) is 0. The highest BCUT2D eigenvalue weighted by molar-refractivity contribution is 5.84. The van der Waals surface area contributed by atoms with Crippen LogP contribution in [0.4, 0.5) is 0 Å². The van der Waals surface area contributed by atoms with Crippen LogP contribution in [0, 0.1) is 0 Å². The maximum absolute atomic E-state index is 5.22. The molecule has 0 fully saturated rings. The molecule has 0 spiro atoms. The monoisotopic (exact) mass is 228 g/mol. The zero-order valence-electron chi connectivity index (χ0n) is 10.9. The molecule has 0 aliphatic carbocycles. The van der Waals surface area contributed by atoms with E-state index in [9.17, 15) is 0 Å². The normalized spacial score (nSPS) is 9.88. The standard InChI is InChI=1S/C14H16O.C2H4/c1-10(2)12-5-4-11-6-7-14(15-3)9-13(11)8-12;1-2/h4-10H,1-3H3;1-2H2. The molecule has 0 radical (unpaired) electrons. The first-order valence-electron chi connectivity index (χ1n) is 5.78. The van der Waals surface area contributed by atoms with Gasteiger partial charge in [0.05, 0.1) is 7.11 Å². The van der Waals surface area contributed by atoms with Crippen LogP contribution in [-0.4, -0.2) is 7.11 Å². The molecule has 1 heteroatoms. The Labute approximate surface area is 104 Å². The largest absolute Gasteiger partial charge is 0.497 e. The summed E-state index contributed by atoms with van der Waals surface area (Å²) in [6.07, 6.45) is 0. The highest BCUT2D eigenvalue weighted by Gasteiger charge is 2.01.